The van der Waals surface area contributed by atoms with Gasteiger partial charge in [0.25, 0.3) is 10.1 Å². The van der Waals surface area contributed by atoms with Gasteiger partial charge in [0, 0.05) is 39.5 Å². The first kappa shape index (κ1) is 70.6. The largest absolute Gasteiger partial charge is 0.543 e. The molecule has 21 heteroatoms. The van der Waals surface area contributed by atoms with Crippen LogP contribution in [0.15, 0.2) is 211 Å². The summed E-state index contributed by atoms with van der Waals surface area (Å²) in [6.07, 6.45) is 0.256. The number of aliphatic carboxylic acids is 1. The van der Waals surface area contributed by atoms with Crippen molar-refractivity contribution in [2.24, 2.45) is 0 Å². The fourth-order valence-corrected chi connectivity index (χ4v) is 14.6. The molecule has 11 aromatic rings. The van der Waals surface area contributed by atoms with Crippen LogP contribution in [0.4, 0.5) is 4.39 Å². The van der Waals surface area contributed by atoms with Crippen molar-refractivity contribution < 1.29 is 64.5 Å². The number of carboxylic acid groups (broad SMARTS) is 1. The van der Waals surface area contributed by atoms with E-state index >= 15 is 0 Å². The molecule has 0 fully saturated rings. The number of hydrogen-bond donors (Lipinski definition) is 1. The summed E-state index contributed by atoms with van der Waals surface area (Å²) >= 11 is 8.95. The molecule has 0 amide bonds. The summed E-state index contributed by atoms with van der Waals surface area (Å²) in [5.41, 5.74) is 5.69. The number of thiophene rings is 1. The molecule has 3 aromatic heterocycles. The molecule has 0 saturated heterocycles. The van der Waals surface area contributed by atoms with Crippen molar-refractivity contribution in [1.29, 1.82) is 0 Å². The molecule has 0 unspecified atom stereocenters. The summed E-state index contributed by atoms with van der Waals surface area (Å²) in [5, 5.41) is 11.7. The van der Waals surface area contributed by atoms with Gasteiger partial charge in [0.2, 0.25) is 20.3 Å². The topological polar surface area (TPSA) is 193 Å². The summed E-state index contributed by atoms with van der Waals surface area (Å²) in [6, 6.07) is 56.8. The van der Waals surface area contributed by atoms with Gasteiger partial charge in [0.05, 0.1) is 54.5 Å². The molecule has 0 spiro atoms. The van der Waals surface area contributed by atoms with Crippen LogP contribution < -0.4 is 32.8 Å². The minimum Gasteiger partial charge on any atom is -0.543 e. The van der Waals surface area contributed by atoms with E-state index in [9.17, 15) is 22.7 Å². The fraction of sp³-hybridized carbons (Fsp3) is 0.231. The van der Waals surface area contributed by atoms with Gasteiger partial charge >= 0.3 is 5.97 Å². The van der Waals surface area contributed by atoms with Crippen LogP contribution in [0.1, 0.15) is 59.8 Å². The van der Waals surface area contributed by atoms with E-state index in [1.54, 1.807) is 101 Å². The van der Waals surface area contributed by atoms with Crippen LogP contribution in [0.25, 0.3) is 43.0 Å². The van der Waals surface area contributed by atoms with E-state index in [4.69, 9.17) is 63.3 Å². The second-order valence-corrected chi connectivity index (χ2v) is 32.9. The minimum atomic E-state index is -4.37. The standard InChI is InChI=1S/C78H75ClFN3O13S2Si/c1-49-20-35-62(36-21-49)98(86,87)93-48-61(47-92-78(53-16-12-11-13-17-53,54-24-30-58(88-6)31-25-54)55-26-32-59(89-7)33-27-55)94-67-39-37-63(50(2)72(67)79)70-71-69(97-73(70)51-22-28-56(80)29-23-51)41-43-82-75(71)95-68(76(84)85)45-52-44-60(96-99(9,10)77(3,4)5)34-38-65(52)91-46-57-40-42-81-74(83-57)64-18-14-15-19-66(64)90-8/h11-44,61,68H,45-48H2,1-10H3,(H,84,85)/t61-,68-/m1/s1. The Bertz CT molecular complexity index is 4720. The number of benzene rings is 8. The summed E-state index contributed by atoms with van der Waals surface area (Å²) in [7, 11) is -2.03. The molecule has 1 N–H and O–H groups in total. The van der Waals surface area contributed by atoms with Crippen molar-refractivity contribution >= 4 is 57.4 Å². The lowest BCUT2D eigenvalue weighted by atomic mass is 9.80. The maximum Gasteiger partial charge on any atom is 0.345 e. The van der Waals surface area contributed by atoms with Crippen LogP contribution >= 0.6 is 22.9 Å². The highest BCUT2D eigenvalue weighted by Gasteiger charge is 2.41. The summed E-state index contributed by atoms with van der Waals surface area (Å²) < 4.78 is 101. The Morgan fingerprint density at radius 3 is 1.94 bits per heavy atom. The van der Waals surface area contributed by atoms with Crippen molar-refractivity contribution in [3.63, 3.8) is 0 Å². The first-order chi connectivity index (χ1) is 47.5. The Labute approximate surface area is 586 Å². The molecule has 0 aliphatic rings. The zero-order valence-corrected chi connectivity index (χ0v) is 59.8. The fourth-order valence-electron chi connectivity index (χ4n) is 11.2. The Balaban J connectivity index is 0.976. The van der Waals surface area contributed by atoms with Gasteiger partial charge in [-0.3, -0.25) is 4.18 Å². The first-order valence-electron chi connectivity index (χ1n) is 31.9. The Kier molecular flexibility index (Phi) is 21.6. The van der Waals surface area contributed by atoms with Crippen molar-refractivity contribution in [3.05, 3.63) is 256 Å². The third kappa shape index (κ3) is 15.8. The summed E-state index contributed by atoms with van der Waals surface area (Å²) in [6.45, 7) is 13.5. The molecule has 0 aliphatic heterocycles. The Morgan fingerprint density at radius 2 is 1.29 bits per heavy atom. The number of carboxylic acids is 1. The highest BCUT2D eigenvalue weighted by molar-refractivity contribution is 7.86. The lowest BCUT2D eigenvalue weighted by Crippen LogP contribution is -2.43. The maximum absolute atomic E-state index is 14.8. The number of pyridine rings is 1. The first-order valence-corrected chi connectivity index (χ1v) is 37.4. The van der Waals surface area contributed by atoms with Crippen LogP contribution in [-0.4, -0.2) is 89.5 Å². The van der Waals surface area contributed by atoms with Gasteiger partial charge in [-0.05, 0) is 162 Å². The van der Waals surface area contributed by atoms with Crippen molar-refractivity contribution in [1.82, 2.24) is 15.0 Å². The van der Waals surface area contributed by atoms with Gasteiger partial charge in [-0.15, -0.1) is 11.3 Å². The van der Waals surface area contributed by atoms with Gasteiger partial charge in [-0.2, -0.15) is 8.42 Å². The maximum atomic E-state index is 14.8. The average Bonchev–Trinajstić information content (AvgIpc) is 1.71. The number of halogens is 2. The van der Waals surface area contributed by atoms with Gasteiger partial charge in [0.15, 0.2) is 5.82 Å². The average molecular weight is 1410 g/mol. The zero-order chi connectivity index (χ0) is 70.2. The second-order valence-electron chi connectivity index (χ2n) is 25.1. The van der Waals surface area contributed by atoms with E-state index in [1.807, 2.05) is 116 Å². The number of fused-ring (bicyclic) bond motifs is 1. The molecule has 0 radical (unpaired) electrons. The molecular formula is C78H75ClFN3O13S2Si. The number of aromatic nitrogens is 3. The number of rotatable bonds is 28. The molecular weight excluding hydrogens is 1330 g/mol. The third-order valence-electron chi connectivity index (χ3n) is 17.5. The Morgan fingerprint density at radius 1 is 0.667 bits per heavy atom. The highest BCUT2D eigenvalue weighted by Crippen LogP contribution is 2.51. The van der Waals surface area contributed by atoms with Crippen LogP contribution in [0, 0.1) is 19.7 Å². The summed E-state index contributed by atoms with van der Waals surface area (Å²) in [4.78, 5) is 28.5. The molecule has 16 nitrogen and oxygen atoms in total. The SMILES string of the molecule is COc1ccc(C(OC[C@H](COS(=O)(=O)c2ccc(C)cc2)Oc2ccc(-c3c(-c4ccc(F)cc4)sc4ccnc(O[C@H](Cc5cc(O[Si](C)(C)C(C)(C)C)ccc5OCc5ccnc(-c6ccccc6OC)n5)C(=O)O)c34)c(C)c2Cl)(c2ccccc2)c2ccc(OC)cc2)cc1. The molecule has 3 heterocycles. The van der Waals surface area contributed by atoms with Gasteiger partial charge in [-0.25, -0.2) is 24.1 Å². The van der Waals surface area contributed by atoms with E-state index in [-0.39, 0.29) is 46.2 Å². The number of ether oxygens (including phenoxy) is 7. The number of hydrogen-bond acceptors (Lipinski definition) is 16. The molecule has 0 saturated carbocycles. The van der Waals surface area contributed by atoms with Crippen LogP contribution in [0.5, 0.6) is 40.4 Å². The smallest absolute Gasteiger partial charge is 0.345 e. The predicted octanol–water partition coefficient (Wildman–Crippen LogP) is 17.7. The molecule has 0 aliphatic carbocycles. The van der Waals surface area contributed by atoms with Crippen LogP contribution in [0.2, 0.25) is 23.2 Å². The molecule has 11 rings (SSSR count). The predicted molar refractivity (Wildman–Crippen MR) is 386 cm³/mol. The number of aryl methyl sites for hydroxylation is 1. The second kappa shape index (κ2) is 30.2. The van der Waals surface area contributed by atoms with E-state index in [1.165, 1.54) is 35.6 Å². The lowest BCUT2D eigenvalue weighted by Gasteiger charge is -2.37. The number of para-hydroxylation sites is 1. The van der Waals surface area contributed by atoms with Gasteiger partial charge in [-0.1, -0.05) is 135 Å². The number of nitrogens with zero attached hydrogens (tertiary/aromatic N) is 3. The normalized spacial score (nSPS) is 12.6. The van der Waals surface area contributed by atoms with Crippen molar-refractivity contribution in [2.45, 2.75) is 88.5 Å². The van der Waals surface area contributed by atoms with E-state index in [2.05, 4.69) is 38.8 Å². The lowest BCUT2D eigenvalue weighted by molar-refractivity contribution is -0.145. The Hall–Kier alpha value is -9.67. The molecule has 99 heavy (non-hydrogen) atoms. The van der Waals surface area contributed by atoms with Gasteiger partial charge in [0.1, 0.15) is 65.2 Å². The molecule has 2 atom stereocenters. The van der Waals surface area contributed by atoms with E-state index < -0.39 is 54.6 Å². The van der Waals surface area contributed by atoms with Crippen molar-refractivity contribution in [2.75, 3.05) is 34.5 Å². The summed E-state index contributed by atoms with van der Waals surface area (Å²) in [5.74, 6) is 1.61. The quantitative estimate of drug-likeness (QED) is 0.0276. The number of carbonyl (C=O) groups is 1. The van der Waals surface area contributed by atoms with Crippen molar-refractivity contribution in [3.8, 4) is 73.3 Å². The van der Waals surface area contributed by atoms with Crippen LogP contribution in [-0.2, 0) is 42.5 Å². The van der Waals surface area contributed by atoms with E-state index in [0.29, 0.717) is 99.7 Å². The molecule has 0 bridgehead atoms. The zero-order valence-electron chi connectivity index (χ0n) is 56.4. The number of methoxy groups -OCH3 is 3. The van der Waals surface area contributed by atoms with E-state index in [0.717, 1.165) is 11.1 Å². The monoisotopic (exact) mass is 1410 g/mol. The third-order valence-corrected chi connectivity index (χ3v) is 24.9. The minimum absolute atomic E-state index is 0.00198. The molecule has 8 aromatic carbocycles. The van der Waals surface area contributed by atoms with Crippen LogP contribution in [0.3, 0.4) is 0 Å². The molecule has 510 valence electrons. The highest BCUT2D eigenvalue weighted by atomic mass is 35.5. The van der Waals surface area contributed by atoms with Gasteiger partial charge < -0.3 is 42.7 Å².